The minimum Gasteiger partial charge on any atom is -0.323 e. The summed E-state index contributed by atoms with van der Waals surface area (Å²) in [6.45, 7) is 0. The van der Waals surface area contributed by atoms with Gasteiger partial charge in [-0.15, -0.1) is 0 Å². The maximum absolute atomic E-state index is 14.1. The van der Waals surface area contributed by atoms with Crippen molar-refractivity contribution in [3.8, 4) is 0 Å². The van der Waals surface area contributed by atoms with Crippen molar-refractivity contribution in [3.05, 3.63) is 35.1 Å². The number of benzene rings is 1. The zero-order valence-electron chi connectivity index (χ0n) is 11.9. The lowest BCUT2D eigenvalue weighted by molar-refractivity contribution is -0.0683. The average Bonchev–Trinajstić information content (AvgIpc) is 2.43. The van der Waals surface area contributed by atoms with E-state index in [0.29, 0.717) is 17.8 Å². The van der Waals surface area contributed by atoms with Gasteiger partial charge in [0.05, 0.1) is 0 Å². The summed E-state index contributed by atoms with van der Waals surface area (Å²) in [6, 6.07) is 1.80. The lowest BCUT2D eigenvalue weighted by atomic mass is 9.47. The molecule has 0 saturated heterocycles. The Balaban J connectivity index is 1.72. The van der Waals surface area contributed by atoms with Crippen LogP contribution in [-0.2, 0) is 0 Å². The highest BCUT2D eigenvalue weighted by Crippen LogP contribution is 2.63. The van der Waals surface area contributed by atoms with Gasteiger partial charge in [-0.05, 0) is 67.8 Å². The van der Waals surface area contributed by atoms with Crippen LogP contribution < -0.4 is 5.73 Å². The fourth-order valence-electron chi connectivity index (χ4n) is 5.67. The number of halogens is 3. The van der Waals surface area contributed by atoms with Crippen LogP contribution in [-0.4, -0.2) is 0 Å². The van der Waals surface area contributed by atoms with E-state index in [-0.39, 0.29) is 11.0 Å². The van der Waals surface area contributed by atoms with Gasteiger partial charge in [-0.2, -0.15) is 0 Å². The van der Waals surface area contributed by atoms with Crippen LogP contribution in [0.3, 0.4) is 0 Å². The Labute approximate surface area is 122 Å². The van der Waals surface area contributed by atoms with E-state index in [0.717, 1.165) is 25.3 Å². The third kappa shape index (κ3) is 1.95. The van der Waals surface area contributed by atoms with E-state index in [9.17, 15) is 13.2 Å². The lowest BCUT2D eigenvalue weighted by Gasteiger charge is -2.59. The maximum Gasteiger partial charge on any atom is 0.194 e. The molecule has 1 atom stereocenters. The normalized spacial score (nSPS) is 38.8. The van der Waals surface area contributed by atoms with Crippen LogP contribution in [0.2, 0.25) is 0 Å². The summed E-state index contributed by atoms with van der Waals surface area (Å²) in [6.07, 6.45) is 6.85. The van der Waals surface area contributed by atoms with E-state index >= 15 is 0 Å². The van der Waals surface area contributed by atoms with Crippen molar-refractivity contribution < 1.29 is 13.2 Å². The molecule has 4 heteroatoms. The third-order valence-corrected chi connectivity index (χ3v) is 6.15. The van der Waals surface area contributed by atoms with E-state index in [1.54, 1.807) is 0 Å². The first kappa shape index (κ1) is 13.6. The largest absolute Gasteiger partial charge is 0.323 e. The molecular weight excluding hydrogens is 275 g/mol. The van der Waals surface area contributed by atoms with Gasteiger partial charge in [0.1, 0.15) is 0 Å². The molecule has 1 nitrogen and oxygen atoms in total. The van der Waals surface area contributed by atoms with Crippen LogP contribution in [0.1, 0.15) is 50.1 Å². The first-order valence-corrected chi connectivity index (χ1v) is 7.87. The highest BCUT2D eigenvalue weighted by atomic mass is 19.2. The molecule has 0 amide bonds. The van der Waals surface area contributed by atoms with Crippen molar-refractivity contribution in [1.29, 1.82) is 0 Å². The Kier molecular flexibility index (Phi) is 2.91. The van der Waals surface area contributed by atoms with Gasteiger partial charge in [-0.1, -0.05) is 6.07 Å². The van der Waals surface area contributed by atoms with E-state index in [2.05, 4.69) is 0 Å². The first-order chi connectivity index (χ1) is 9.98. The zero-order valence-corrected chi connectivity index (χ0v) is 11.9. The Morgan fingerprint density at radius 3 is 1.95 bits per heavy atom. The summed E-state index contributed by atoms with van der Waals surface area (Å²) in [5.41, 5.74) is 6.42. The Hall–Kier alpha value is -1.03. The van der Waals surface area contributed by atoms with Crippen LogP contribution in [0.15, 0.2) is 12.1 Å². The van der Waals surface area contributed by atoms with Gasteiger partial charge in [-0.25, -0.2) is 13.2 Å². The summed E-state index contributed by atoms with van der Waals surface area (Å²) >= 11 is 0. The topological polar surface area (TPSA) is 26.0 Å². The second kappa shape index (κ2) is 4.48. The number of hydrogen-bond donors (Lipinski definition) is 1. The van der Waals surface area contributed by atoms with Gasteiger partial charge in [-0.3, -0.25) is 0 Å². The Bertz CT molecular complexity index is 548. The van der Waals surface area contributed by atoms with Gasteiger partial charge in [0.15, 0.2) is 17.5 Å². The van der Waals surface area contributed by atoms with Crippen LogP contribution in [0.25, 0.3) is 0 Å². The molecular formula is C17H20F3N. The second-order valence-electron chi connectivity index (χ2n) is 7.52. The molecule has 4 bridgehead atoms. The monoisotopic (exact) mass is 295 g/mol. The number of hydrogen-bond acceptors (Lipinski definition) is 1. The summed E-state index contributed by atoms with van der Waals surface area (Å²) < 4.78 is 40.7. The predicted molar refractivity (Wildman–Crippen MR) is 73.8 cm³/mol. The molecule has 114 valence electrons. The molecule has 4 aliphatic carbocycles. The summed E-state index contributed by atoms with van der Waals surface area (Å²) in [4.78, 5) is 0. The van der Waals surface area contributed by atoms with E-state index in [1.165, 1.54) is 25.3 Å². The molecule has 1 aromatic carbocycles. The standard InChI is InChI=1S/C17H20F3N/c18-13-2-1-12(14(19)15(13)20)16(21)17-6-9-3-10(7-17)5-11(4-9)8-17/h1-2,9-11,16H,3-8,21H2. The smallest absolute Gasteiger partial charge is 0.194 e. The van der Waals surface area contributed by atoms with Gasteiger partial charge in [0.2, 0.25) is 0 Å². The van der Waals surface area contributed by atoms with E-state index < -0.39 is 23.5 Å². The molecule has 1 aromatic rings. The SMILES string of the molecule is NC(c1ccc(F)c(F)c1F)C12CC3CC(CC(C3)C1)C2. The summed E-state index contributed by atoms with van der Waals surface area (Å²) in [5, 5.41) is 0. The highest BCUT2D eigenvalue weighted by Gasteiger charge is 2.54. The van der Waals surface area contributed by atoms with Crippen molar-refractivity contribution in [3.63, 3.8) is 0 Å². The molecule has 21 heavy (non-hydrogen) atoms. The van der Waals surface area contributed by atoms with Crippen LogP contribution in [0.4, 0.5) is 13.2 Å². The van der Waals surface area contributed by atoms with Gasteiger partial charge in [0, 0.05) is 11.6 Å². The molecule has 4 aliphatic rings. The van der Waals surface area contributed by atoms with Gasteiger partial charge in [0.25, 0.3) is 0 Å². The van der Waals surface area contributed by atoms with Crippen LogP contribution in [0, 0.1) is 40.6 Å². The molecule has 0 spiro atoms. The second-order valence-corrected chi connectivity index (χ2v) is 7.52. The molecule has 0 aliphatic heterocycles. The highest BCUT2D eigenvalue weighted by molar-refractivity contribution is 5.26. The number of nitrogens with two attached hydrogens (primary N) is 1. The van der Waals surface area contributed by atoms with Gasteiger partial charge < -0.3 is 5.73 Å². The van der Waals surface area contributed by atoms with Crippen LogP contribution >= 0.6 is 0 Å². The molecule has 0 aromatic heterocycles. The number of rotatable bonds is 2. The van der Waals surface area contributed by atoms with Gasteiger partial charge >= 0.3 is 0 Å². The lowest BCUT2D eigenvalue weighted by Crippen LogP contribution is -2.51. The first-order valence-electron chi connectivity index (χ1n) is 7.87. The molecule has 4 fully saturated rings. The molecule has 5 rings (SSSR count). The summed E-state index contributed by atoms with van der Waals surface area (Å²) in [7, 11) is 0. The average molecular weight is 295 g/mol. The molecule has 1 unspecified atom stereocenters. The minimum absolute atomic E-state index is 0.111. The van der Waals surface area contributed by atoms with E-state index in [4.69, 9.17) is 5.73 Å². The predicted octanol–water partition coefficient (Wildman–Crippen LogP) is 4.32. The fourth-order valence-corrected chi connectivity index (χ4v) is 5.67. The van der Waals surface area contributed by atoms with Crippen molar-refractivity contribution in [2.75, 3.05) is 0 Å². The Morgan fingerprint density at radius 2 is 1.43 bits per heavy atom. The molecule has 4 saturated carbocycles. The van der Waals surface area contributed by atoms with Crippen LogP contribution in [0.5, 0.6) is 0 Å². The van der Waals surface area contributed by atoms with Crippen molar-refractivity contribution in [2.24, 2.45) is 28.9 Å². The third-order valence-electron chi connectivity index (χ3n) is 6.15. The fraction of sp³-hybridized carbons (Fsp3) is 0.647. The molecule has 2 N–H and O–H groups in total. The summed E-state index contributed by atoms with van der Waals surface area (Å²) in [5.74, 6) is -1.57. The Morgan fingerprint density at radius 1 is 0.905 bits per heavy atom. The molecule has 0 heterocycles. The quantitative estimate of drug-likeness (QED) is 0.808. The van der Waals surface area contributed by atoms with E-state index in [1.807, 2.05) is 0 Å². The maximum atomic E-state index is 14.1. The van der Waals surface area contributed by atoms with Crippen molar-refractivity contribution in [2.45, 2.75) is 44.6 Å². The minimum atomic E-state index is -1.40. The van der Waals surface area contributed by atoms with Crippen molar-refractivity contribution in [1.82, 2.24) is 0 Å². The molecule has 0 radical (unpaired) electrons. The van der Waals surface area contributed by atoms with Crippen molar-refractivity contribution >= 4 is 0 Å². The zero-order chi connectivity index (χ0) is 14.8.